The third-order valence-electron chi connectivity index (χ3n) is 4.13. The number of hydrogen-bond acceptors (Lipinski definition) is 4. The molecular weight excluding hydrogens is 326 g/mol. The summed E-state index contributed by atoms with van der Waals surface area (Å²) in [4.78, 5) is 13.6. The van der Waals surface area contributed by atoms with Crippen molar-refractivity contribution >= 4 is 21.6 Å². The van der Waals surface area contributed by atoms with E-state index in [1.807, 2.05) is 37.3 Å². The van der Waals surface area contributed by atoms with Crippen LogP contribution in [-0.4, -0.2) is 57.1 Å². The van der Waals surface area contributed by atoms with Gasteiger partial charge in [-0.05, 0) is 25.0 Å². The normalized spacial score (nSPS) is 16.1. The standard InChI is InChI=1S/C17H27N3O3S/c1-2-7-17(21)18-10-6-15-24(22,23)20-13-11-19(12-14-20)16-8-4-3-5-9-16/h3-5,8-9H,2,6-7,10-15H2,1H3,(H,18,21). The number of nitrogens with zero attached hydrogens (tertiary/aromatic N) is 2. The lowest BCUT2D eigenvalue weighted by Crippen LogP contribution is -2.49. The van der Waals surface area contributed by atoms with Gasteiger partial charge in [-0.3, -0.25) is 4.79 Å². The highest BCUT2D eigenvalue weighted by molar-refractivity contribution is 7.89. The fourth-order valence-electron chi connectivity index (χ4n) is 2.79. The largest absolute Gasteiger partial charge is 0.369 e. The van der Waals surface area contributed by atoms with Crippen molar-refractivity contribution in [1.29, 1.82) is 0 Å². The summed E-state index contributed by atoms with van der Waals surface area (Å²) in [6, 6.07) is 10.0. The van der Waals surface area contributed by atoms with E-state index in [4.69, 9.17) is 0 Å². The van der Waals surface area contributed by atoms with Crippen LogP contribution < -0.4 is 10.2 Å². The van der Waals surface area contributed by atoms with Gasteiger partial charge in [0.05, 0.1) is 5.75 Å². The first-order chi connectivity index (χ1) is 11.5. The lowest BCUT2D eigenvalue weighted by Gasteiger charge is -2.35. The number of hydrogen-bond donors (Lipinski definition) is 1. The molecule has 0 bridgehead atoms. The zero-order chi connectivity index (χ0) is 17.4. The van der Waals surface area contributed by atoms with Gasteiger partial charge in [0, 0.05) is 44.8 Å². The summed E-state index contributed by atoms with van der Waals surface area (Å²) in [5, 5.41) is 2.76. The van der Waals surface area contributed by atoms with Crippen molar-refractivity contribution in [3.8, 4) is 0 Å². The van der Waals surface area contributed by atoms with Crippen LogP contribution >= 0.6 is 0 Å². The van der Waals surface area contributed by atoms with Gasteiger partial charge in [-0.2, -0.15) is 4.31 Å². The Balaban J connectivity index is 1.75. The lowest BCUT2D eigenvalue weighted by molar-refractivity contribution is -0.121. The highest BCUT2D eigenvalue weighted by Gasteiger charge is 2.26. The first-order valence-electron chi connectivity index (χ1n) is 8.57. The monoisotopic (exact) mass is 353 g/mol. The van der Waals surface area contributed by atoms with Crippen LogP contribution in [-0.2, 0) is 14.8 Å². The molecule has 24 heavy (non-hydrogen) atoms. The summed E-state index contributed by atoms with van der Waals surface area (Å²) in [5.74, 6) is 0.0801. The smallest absolute Gasteiger partial charge is 0.219 e. The third kappa shape index (κ3) is 5.49. The molecule has 134 valence electrons. The number of para-hydroxylation sites is 1. The van der Waals surface area contributed by atoms with E-state index in [-0.39, 0.29) is 11.7 Å². The van der Waals surface area contributed by atoms with E-state index in [0.717, 1.165) is 12.1 Å². The van der Waals surface area contributed by atoms with Gasteiger partial charge in [-0.1, -0.05) is 25.1 Å². The van der Waals surface area contributed by atoms with Gasteiger partial charge in [0.1, 0.15) is 0 Å². The maximum atomic E-state index is 12.4. The van der Waals surface area contributed by atoms with Crippen LogP contribution in [0.3, 0.4) is 0 Å². The summed E-state index contributed by atoms with van der Waals surface area (Å²) < 4.78 is 26.4. The van der Waals surface area contributed by atoms with E-state index in [1.54, 1.807) is 4.31 Å². The molecule has 1 aliphatic heterocycles. The van der Waals surface area contributed by atoms with Gasteiger partial charge < -0.3 is 10.2 Å². The molecule has 1 aromatic carbocycles. The van der Waals surface area contributed by atoms with E-state index in [2.05, 4.69) is 10.2 Å². The van der Waals surface area contributed by atoms with Crippen LogP contribution in [0.4, 0.5) is 5.69 Å². The minimum atomic E-state index is -3.24. The Labute approximate surface area is 144 Å². The molecule has 1 saturated heterocycles. The number of anilines is 1. The van der Waals surface area contributed by atoms with Crippen LogP contribution in [0.1, 0.15) is 26.2 Å². The van der Waals surface area contributed by atoms with Crippen molar-refractivity contribution in [3.63, 3.8) is 0 Å². The molecule has 0 spiro atoms. The molecule has 0 radical (unpaired) electrons. The minimum Gasteiger partial charge on any atom is -0.369 e. The zero-order valence-corrected chi connectivity index (χ0v) is 15.1. The van der Waals surface area contributed by atoms with Crippen LogP contribution in [0.2, 0.25) is 0 Å². The summed E-state index contributed by atoms with van der Waals surface area (Å²) in [5.41, 5.74) is 1.13. The van der Waals surface area contributed by atoms with Crippen LogP contribution in [0.15, 0.2) is 30.3 Å². The van der Waals surface area contributed by atoms with Gasteiger partial charge in [0.2, 0.25) is 15.9 Å². The summed E-state index contributed by atoms with van der Waals surface area (Å²) in [7, 11) is -3.24. The molecule has 1 aromatic rings. The number of rotatable bonds is 8. The van der Waals surface area contributed by atoms with E-state index < -0.39 is 10.0 Å². The molecule has 0 atom stereocenters. The Bertz CT molecular complexity index is 611. The lowest BCUT2D eigenvalue weighted by atomic mass is 10.2. The van der Waals surface area contributed by atoms with Crippen LogP contribution in [0.5, 0.6) is 0 Å². The molecule has 7 heteroatoms. The predicted octanol–water partition coefficient (Wildman–Crippen LogP) is 1.44. The number of piperazine rings is 1. The fraction of sp³-hybridized carbons (Fsp3) is 0.588. The molecule has 0 unspecified atom stereocenters. The fourth-order valence-corrected chi connectivity index (χ4v) is 4.28. The highest BCUT2D eigenvalue weighted by Crippen LogP contribution is 2.17. The van der Waals surface area contributed by atoms with Crippen molar-refractivity contribution in [1.82, 2.24) is 9.62 Å². The number of carbonyl (C=O) groups is 1. The van der Waals surface area contributed by atoms with Gasteiger partial charge >= 0.3 is 0 Å². The highest BCUT2D eigenvalue weighted by atomic mass is 32.2. The molecule has 0 saturated carbocycles. The van der Waals surface area contributed by atoms with Crippen molar-refractivity contribution < 1.29 is 13.2 Å². The molecule has 6 nitrogen and oxygen atoms in total. The number of amides is 1. The number of nitrogens with one attached hydrogen (secondary N) is 1. The average molecular weight is 353 g/mol. The Hall–Kier alpha value is -1.60. The topological polar surface area (TPSA) is 69.7 Å². The Morgan fingerprint density at radius 2 is 1.79 bits per heavy atom. The number of sulfonamides is 1. The average Bonchev–Trinajstić information content (AvgIpc) is 2.60. The van der Waals surface area contributed by atoms with Crippen molar-refractivity contribution in [2.75, 3.05) is 43.4 Å². The van der Waals surface area contributed by atoms with Crippen molar-refractivity contribution in [3.05, 3.63) is 30.3 Å². The maximum Gasteiger partial charge on any atom is 0.219 e. The molecule has 1 fully saturated rings. The Kier molecular flexibility index (Phi) is 7.05. The second-order valence-corrected chi connectivity index (χ2v) is 8.08. The van der Waals surface area contributed by atoms with Gasteiger partial charge in [-0.25, -0.2) is 8.42 Å². The first kappa shape index (κ1) is 18.7. The predicted molar refractivity (Wildman–Crippen MR) is 96.5 cm³/mol. The number of carbonyl (C=O) groups excluding carboxylic acids is 1. The van der Waals surface area contributed by atoms with Crippen molar-refractivity contribution in [2.24, 2.45) is 0 Å². The second-order valence-electron chi connectivity index (χ2n) is 5.99. The molecule has 1 amide bonds. The Morgan fingerprint density at radius 1 is 1.12 bits per heavy atom. The number of benzene rings is 1. The Morgan fingerprint density at radius 3 is 2.42 bits per heavy atom. The van der Waals surface area contributed by atoms with Gasteiger partial charge in [0.25, 0.3) is 0 Å². The molecule has 0 aromatic heterocycles. The first-order valence-corrected chi connectivity index (χ1v) is 10.2. The summed E-state index contributed by atoms with van der Waals surface area (Å²) in [6.07, 6.45) is 1.75. The molecule has 0 aliphatic carbocycles. The molecule has 1 aliphatic rings. The van der Waals surface area contributed by atoms with E-state index in [1.165, 1.54) is 0 Å². The quantitative estimate of drug-likeness (QED) is 0.718. The summed E-state index contributed by atoms with van der Waals surface area (Å²) in [6.45, 7) is 4.80. The second kappa shape index (κ2) is 9.03. The molecule has 1 N–H and O–H groups in total. The van der Waals surface area contributed by atoms with Crippen LogP contribution in [0, 0.1) is 0 Å². The maximum absolute atomic E-state index is 12.4. The van der Waals surface area contributed by atoms with Gasteiger partial charge in [0.15, 0.2) is 0 Å². The van der Waals surface area contributed by atoms with E-state index >= 15 is 0 Å². The van der Waals surface area contributed by atoms with Gasteiger partial charge in [-0.15, -0.1) is 0 Å². The minimum absolute atomic E-state index is 0.00799. The molecule has 2 rings (SSSR count). The van der Waals surface area contributed by atoms with E-state index in [9.17, 15) is 13.2 Å². The molecular formula is C17H27N3O3S. The van der Waals surface area contributed by atoms with Crippen LogP contribution in [0.25, 0.3) is 0 Å². The van der Waals surface area contributed by atoms with E-state index in [0.29, 0.717) is 45.6 Å². The SMILES string of the molecule is CCCC(=O)NCCCS(=O)(=O)N1CCN(c2ccccc2)CC1. The van der Waals surface area contributed by atoms with Crippen molar-refractivity contribution in [2.45, 2.75) is 26.2 Å². The summed E-state index contributed by atoms with van der Waals surface area (Å²) >= 11 is 0. The molecule has 1 heterocycles. The zero-order valence-electron chi connectivity index (χ0n) is 14.3. The third-order valence-corrected chi connectivity index (χ3v) is 6.09.